The van der Waals surface area contributed by atoms with Gasteiger partial charge in [-0.3, -0.25) is 9.89 Å². The molecule has 3 unspecified atom stereocenters. The summed E-state index contributed by atoms with van der Waals surface area (Å²) >= 11 is 6.28. The standard InChI is InChI=1S/C19H29ClN6O/c1-21-19(23-10-16-12-25-8-3-4-15(25)13-27-16)24-14-6-9-26(11-14)18-17(20)5-2-7-22-18/h2,5,7,14-16H,3-4,6,8-13H2,1H3,(H2,21,23,24). The zero-order valence-corrected chi connectivity index (χ0v) is 16.7. The maximum atomic E-state index is 6.28. The molecule has 0 radical (unpaired) electrons. The van der Waals surface area contributed by atoms with E-state index in [-0.39, 0.29) is 6.10 Å². The molecule has 0 amide bonds. The first-order valence-electron chi connectivity index (χ1n) is 9.91. The number of nitrogens with zero attached hydrogens (tertiary/aromatic N) is 4. The smallest absolute Gasteiger partial charge is 0.191 e. The second-order valence-corrected chi connectivity index (χ2v) is 7.99. The fourth-order valence-corrected chi connectivity index (χ4v) is 4.53. The Morgan fingerprint density at radius 1 is 1.37 bits per heavy atom. The lowest BCUT2D eigenvalue weighted by molar-refractivity contribution is -0.0453. The Morgan fingerprint density at radius 2 is 2.30 bits per heavy atom. The summed E-state index contributed by atoms with van der Waals surface area (Å²) in [6, 6.07) is 4.72. The van der Waals surface area contributed by atoms with Crippen LogP contribution < -0.4 is 15.5 Å². The lowest BCUT2D eigenvalue weighted by Gasteiger charge is -2.35. The molecule has 3 aliphatic heterocycles. The van der Waals surface area contributed by atoms with E-state index >= 15 is 0 Å². The normalized spacial score (nSPS) is 29.0. The molecule has 4 heterocycles. The van der Waals surface area contributed by atoms with Gasteiger partial charge in [0.1, 0.15) is 5.82 Å². The lowest BCUT2D eigenvalue weighted by Crippen LogP contribution is -2.52. The largest absolute Gasteiger partial charge is 0.373 e. The van der Waals surface area contributed by atoms with Crippen LogP contribution in [-0.4, -0.2) is 80.4 Å². The van der Waals surface area contributed by atoms with Crippen LogP contribution in [0.1, 0.15) is 19.3 Å². The Labute approximate surface area is 166 Å². The molecule has 0 saturated carbocycles. The zero-order chi connectivity index (χ0) is 18.6. The quantitative estimate of drug-likeness (QED) is 0.595. The number of anilines is 1. The summed E-state index contributed by atoms with van der Waals surface area (Å²) in [6.07, 6.45) is 5.63. The molecule has 0 spiro atoms. The summed E-state index contributed by atoms with van der Waals surface area (Å²) in [5.74, 6) is 1.70. The van der Waals surface area contributed by atoms with Crippen LogP contribution in [-0.2, 0) is 4.74 Å². The number of morpholine rings is 1. The van der Waals surface area contributed by atoms with Gasteiger partial charge in [0.2, 0.25) is 0 Å². The Balaban J connectivity index is 1.24. The van der Waals surface area contributed by atoms with Gasteiger partial charge in [-0.25, -0.2) is 4.98 Å². The average Bonchev–Trinajstić information content (AvgIpc) is 3.34. The molecule has 27 heavy (non-hydrogen) atoms. The monoisotopic (exact) mass is 392 g/mol. The van der Waals surface area contributed by atoms with Crippen LogP contribution in [0.15, 0.2) is 23.3 Å². The first-order valence-corrected chi connectivity index (χ1v) is 10.3. The number of ether oxygens (including phenoxy) is 1. The van der Waals surface area contributed by atoms with Crippen molar-refractivity contribution < 1.29 is 4.74 Å². The van der Waals surface area contributed by atoms with Crippen molar-refractivity contribution in [2.45, 2.75) is 37.5 Å². The van der Waals surface area contributed by atoms with Crippen LogP contribution in [0.5, 0.6) is 0 Å². The molecule has 0 aliphatic carbocycles. The van der Waals surface area contributed by atoms with E-state index in [0.29, 0.717) is 17.1 Å². The van der Waals surface area contributed by atoms with Crippen molar-refractivity contribution in [2.75, 3.05) is 51.3 Å². The van der Waals surface area contributed by atoms with Gasteiger partial charge in [0.15, 0.2) is 5.96 Å². The number of hydrogen-bond acceptors (Lipinski definition) is 5. The number of aromatic nitrogens is 1. The second kappa shape index (κ2) is 8.63. The summed E-state index contributed by atoms with van der Waals surface area (Å²) in [5.41, 5.74) is 0. The summed E-state index contributed by atoms with van der Waals surface area (Å²) in [6.45, 7) is 5.68. The van der Waals surface area contributed by atoms with Gasteiger partial charge in [-0.2, -0.15) is 0 Å². The molecule has 1 aromatic rings. The average molecular weight is 393 g/mol. The minimum absolute atomic E-state index is 0.227. The number of guanidine groups is 1. The molecule has 0 aromatic carbocycles. The van der Waals surface area contributed by atoms with E-state index in [4.69, 9.17) is 16.3 Å². The molecule has 2 N–H and O–H groups in total. The summed E-state index contributed by atoms with van der Waals surface area (Å²) < 4.78 is 6.03. The Morgan fingerprint density at radius 3 is 3.15 bits per heavy atom. The third kappa shape index (κ3) is 4.47. The summed E-state index contributed by atoms with van der Waals surface area (Å²) in [5, 5.41) is 7.67. The van der Waals surface area contributed by atoms with Crippen LogP contribution in [0.4, 0.5) is 5.82 Å². The maximum Gasteiger partial charge on any atom is 0.191 e. The van der Waals surface area contributed by atoms with Gasteiger partial charge in [-0.15, -0.1) is 0 Å². The van der Waals surface area contributed by atoms with Crippen molar-refractivity contribution in [1.29, 1.82) is 0 Å². The molecule has 3 saturated heterocycles. The molecular formula is C19H29ClN6O. The zero-order valence-electron chi connectivity index (χ0n) is 15.9. The maximum absolute atomic E-state index is 6.28. The lowest BCUT2D eigenvalue weighted by atomic mass is 10.2. The predicted molar refractivity (Wildman–Crippen MR) is 109 cm³/mol. The number of halogens is 1. The summed E-state index contributed by atoms with van der Waals surface area (Å²) in [7, 11) is 1.82. The molecule has 0 bridgehead atoms. The minimum Gasteiger partial charge on any atom is -0.373 e. The first kappa shape index (κ1) is 18.8. The van der Waals surface area contributed by atoms with Crippen LogP contribution in [0.25, 0.3) is 0 Å². The number of pyridine rings is 1. The van der Waals surface area contributed by atoms with Gasteiger partial charge in [0.25, 0.3) is 0 Å². The number of nitrogens with one attached hydrogen (secondary N) is 2. The number of aliphatic imine (C=N–C) groups is 1. The number of hydrogen-bond donors (Lipinski definition) is 2. The molecule has 3 atom stereocenters. The van der Waals surface area contributed by atoms with Gasteiger partial charge >= 0.3 is 0 Å². The van der Waals surface area contributed by atoms with Crippen molar-refractivity contribution in [3.63, 3.8) is 0 Å². The third-order valence-electron chi connectivity index (χ3n) is 5.75. The fraction of sp³-hybridized carbons (Fsp3) is 0.684. The molecule has 1 aromatic heterocycles. The van der Waals surface area contributed by atoms with Crippen LogP contribution in [0.2, 0.25) is 5.02 Å². The Bertz CT molecular complexity index is 671. The highest BCUT2D eigenvalue weighted by Gasteiger charge is 2.32. The van der Waals surface area contributed by atoms with Gasteiger partial charge < -0.3 is 20.3 Å². The van der Waals surface area contributed by atoms with Crippen LogP contribution >= 0.6 is 11.6 Å². The molecule has 3 aliphatic rings. The van der Waals surface area contributed by atoms with Crippen molar-refractivity contribution in [3.8, 4) is 0 Å². The first-order chi connectivity index (χ1) is 13.2. The molecule has 7 nitrogen and oxygen atoms in total. The van der Waals surface area contributed by atoms with Crippen molar-refractivity contribution >= 4 is 23.4 Å². The highest BCUT2D eigenvalue weighted by Crippen LogP contribution is 2.26. The number of rotatable bonds is 4. The van der Waals surface area contributed by atoms with E-state index < -0.39 is 0 Å². The third-order valence-corrected chi connectivity index (χ3v) is 6.05. The van der Waals surface area contributed by atoms with Gasteiger partial charge in [-0.1, -0.05) is 11.6 Å². The van der Waals surface area contributed by atoms with Gasteiger partial charge in [0, 0.05) is 51.5 Å². The van der Waals surface area contributed by atoms with E-state index in [1.807, 2.05) is 19.2 Å². The van der Waals surface area contributed by atoms with Crippen molar-refractivity contribution in [1.82, 2.24) is 20.5 Å². The number of fused-ring (bicyclic) bond motifs is 1. The molecule has 3 fully saturated rings. The van der Waals surface area contributed by atoms with E-state index in [9.17, 15) is 0 Å². The Kier molecular flexibility index (Phi) is 6.00. The van der Waals surface area contributed by atoms with Crippen molar-refractivity contribution in [3.05, 3.63) is 23.4 Å². The van der Waals surface area contributed by atoms with Gasteiger partial charge in [0.05, 0.1) is 17.7 Å². The van der Waals surface area contributed by atoms with E-state index in [2.05, 4.69) is 30.4 Å². The molecular weight excluding hydrogens is 364 g/mol. The Hall–Kier alpha value is -1.57. The fourth-order valence-electron chi connectivity index (χ4n) is 4.29. The van der Waals surface area contributed by atoms with Crippen molar-refractivity contribution in [2.24, 2.45) is 4.99 Å². The highest BCUT2D eigenvalue weighted by atomic mass is 35.5. The van der Waals surface area contributed by atoms with E-state index in [1.54, 1.807) is 6.20 Å². The highest BCUT2D eigenvalue weighted by molar-refractivity contribution is 6.32. The molecule has 148 valence electrons. The second-order valence-electron chi connectivity index (χ2n) is 7.58. The van der Waals surface area contributed by atoms with E-state index in [0.717, 1.165) is 51.0 Å². The van der Waals surface area contributed by atoms with Gasteiger partial charge in [-0.05, 0) is 37.9 Å². The van der Waals surface area contributed by atoms with E-state index in [1.165, 1.54) is 19.4 Å². The predicted octanol–water partition coefficient (Wildman–Crippen LogP) is 1.34. The molecule has 4 rings (SSSR count). The van der Waals surface area contributed by atoms with Crippen LogP contribution in [0, 0.1) is 0 Å². The topological polar surface area (TPSA) is 65.0 Å². The SMILES string of the molecule is CN=C(NCC1CN2CCCC2CO1)NC1CCN(c2ncccc2Cl)C1. The minimum atomic E-state index is 0.227. The molecule has 8 heteroatoms. The summed E-state index contributed by atoms with van der Waals surface area (Å²) in [4.78, 5) is 13.6. The van der Waals surface area contributed by atoms with Crippen LogP contribution in [0.3, 0.4) is 0 Å².